The Kier molecular flexibility index (Phi) is 7.69. The van der Waals surface area contributed by atoms with Crippen LogP contribution in [0.5, 0.6) is 0 Å². The minimum atomic E-state index is -0.681. The van der Waals surface area contributed by atoms with Crippen molar-refractivity contribution in [3.63, 3.8) is 0 Å². The fraction of sp³-hybridized carbons (Fsp3) is 0.333. The maximum Gasteiger partial charge on any atom is 0.166 e. The molecule has 0 saturated carbocycles. The largest absolute Gasteiger partial charge is 0.374 e. The standard InChI is InChI=1S/C30H29F2N7/c1-2-11-35-30-27(20-37-12-5-6-21(17-33)19-37)36-29(22-7-8-23(18-34)25(31)15-22)39(30)28-10-9-24(16-26(28)32)38-13-3-4-14-38/h2,7-11,15-16,20-21H,3-6,12-14,19H2,1H3/b11-2-,27-20-,35-30+. The Labute approximate surface area is 227 Å². The van der Waals surface area contributed by atoms with Crippen molar-refractivity contribution < 1.29 is 8.78 Å². The first kappa shape index (κ1) is 26.1. The number of nitrogens with zero attached hydrogens (tertiary/aromatic N) is 7. The van der Waals surface area contributed by atoms with Gasteiger partial charge < -0.3 is 9.80 Å². The number of hydrogen-bond donors (Lipinski definition) is 0. The lowest BCUT2D eigenvalue weighted by atomic mass is 10.0. The first-order valence-electron chi connectivity index (χ1n) is 13.2. The summed E-state index contributed by atoms with van der Waals surface area (Å²) in [5.41, 5.74) is 1.84. The van der Waals surface area contributed by atoms with Gasteiger partial charge in [0.15, 0.2) is 5.84 Å². The zero-order valence-corrected chi connectivity index (χ0v) is 21.8. The van der Waals surface area contributed by atoms with Crippen molar-refractivity contribution in [3.8, 4) is 12.1 Å². The second-order valence-corrected chi connectivity index (χ2v) is 9.82. The van der Waals surface area contributed by atoms with Gasteiger partial charge in [-0.15, -0.1) is 0 Å². The van der Waals surface area contributed by atoms with E-state index in [1.165, 1.54) is 18.2 Å². The number of likely N-dealkylation sites (tertiary alicyclic amines) is 1. The van der Waals surface area contributed by atoms with E-state index in [1.807, 2.05) is 30.2 Å². The first-order chi connectivity index (χ1) is 19.0. The topological polar surface area (TPSA) is 82.0 Å². The number of amidine groups is 2. The van der Waals surface area contributed by atoms with Gasteiger partial charge in [0.25, 0.3) is 0 Å². The fourth-order valence-electron chi connectivity index (χ4n) is 5.20. The molecule has 2 aromatic carbocycles. The Morgan fingerprint density at radius 2 is 1.85 bits per heavy atom. The zero-order valence-electron chi connectivity index (χ0n) is 21.8. The Morgan fingerprint density at radius 1 is 1.03 bits per heavy atom. The predicted molar refractivity (Wildman–Crippen MR) is 148 cm³/mol. The molecule has 198 valence electrons. The summed E-state index contributed by atoms with van der Waals surface area (Å²) in [7, 11) is 0. The average Bonchev–Trinajstić information content (AvgIpc) is 3.61. The molecule has 1 atom stereocenters. The molecule has 0 N–H and O–H groups in total. The van der Waals surface area contributed by atoms with Gasteiger partial charge in [0, 0.05) is 49.8 Å². The van der Waals surface area contributed by atoms with Crippen molar-refractivity contribution in [3.05, 3.63) is 83.3 Å². The summed E-state index contributed by atoms with van der Waals surface area (Å²) in [6.07, 6.45) is 9.09. The average molecular weight is 526 g/mol. The van der Waals surface area contributed by atoms with Gasteiger partial charge in [-0.3, -0.25) is 4.90 Å². The Bertz CT molecular complexity index is 1450. The Balaban J connectivity index is 1.63. The number of allylic oxidation sites excluding steroid dienone is 1. The second-order valence-electron chi connectivity index (χ2n) is 9.82. The van der Waals surface area contributed by atoms with Gasteiger partial charge in [-0.25, -0.2) is 18.8 Å². The van der Waals surface area contributed by atoms with Crippen molar-refractivity contribution >= 4 is 23.0 Å². The zero-order chi connectivity index (χ0) is 27.4. The van der Waals surface area contributed by atoms with E-state index in [4.69, 9.17) is 4.99 Å². The summed E-state index contributed by atoms with van der Waals surface area (Å²) in [4.78, 5) is 15.2. The highest BCUT2D eigenvalue weighted by molar-refractivity contribution is 6.34. The molecule has 0 aliphatic carbocycles. The van der Waals surface area contributed by atoms with Crippen molar-refractivity contribution in [1.29, 1.82) is 10.5 Å². The van der Waals surface area contributed by atoms with Crippen LogP contribution in [0, 0.1) is 40.2 Å². The molecule has 3 heterocycles. The minimum absolute atomic E-state index is 0.0838. The van der Waals surface area contributed by atoms with Crippen LogP contribution in [0.3, 0.4) is 0 Å². The van der Waals surface area contributed by atoms with Crippen molar-refractivity contribution in [2.45, 2.75) is 32.6 Å². The normalized spacial score (nSPS) is 21.6. The molecule has 3 aliphatic heterocycles. The van der Waals surface area contributed by atoms with E-state index in [2.05, 4.69) is 16.0 Å². The molecule has 0 spiro atoms. The summed E-state index contributed by atoms with van der Waals surface area (Å²) >= 11 is 0. The summed E-state index contributed by atoms with van der Waals surface area (Å²) in [6.45, 7) is 4.93. The summed E-state index contributed by atoms with van der Waals surface area (Å²) in [5.74, 6) is -0.525. The van der Waals surface area contributed by atoms with E-state index in [-0.39, 0.29) is 17.2 Å². The second kappa shape index (κ2) is 11.5. The smallest absolute Gasteiger partial charge is 0.166 e. The van der Waals surface area contributed by atoms with E-state index < -0.39 is 11.6 Å². The molecule has 5 rings (SSSR count). The molecular formula is C30H29F2N7. The highest BCUT2D eigenvalue weighted by Crippen LogP contribution is 2.34. The molecule has 2 aromatic rings. The van der Waals surface area contributed by atoms with Crippen molar-refractivity contribution in [1.82, 2.24) is 4.90 Å². The lowest BCUT2D eigenvalue weighted by Crippen LogP contribution is -2.35. The van der Waals surface area contributed by atoms with Gasteiger partial charge in [0.05, 0.1) is 23.2 Å². The van der Waals surface area contributed by atoms with Gasteiger partial charge >= 0.3 is 0 Å². The van der Waals surface area contributed by atoms with E-state index >= 15 is 4.39 Å². The number of halogens is 2. The van der Waals surface area contributed by atoms with E-state index in [0.717, 1.165) is 51.0 Å². The molecule has 0 radical (unpaired) electrons. The van der Waals surface area contributed by atoms with Crippen molar-refractivity contribution in [2.24, 2.45) is 15.9 Å². The number of anilines is 2. The lowest BCUT2D eigenvalue weighted by molar-refractivity contribution is 0.268. The maximum absolute atomic E-state index is 15.8. The monoisotopic (exact) mass is 525 g/mol. The number of rotatable bonds is 5. The Hall–Kier alpha value is -4.50. The molecule has 0 amide bonds. The van der Waals surface area contributed by atoms with Crippen LogP contribution in [0.1, 0.15) is 43.7 Å². The summed E-state index contributed by atoms with van der Waals surface area (Å²) < 4.78 is 30.6. The lowest BCUT2D eigenvalue weighted by Gasteiger charge is -2.28. The number of benzene rings is 2. The fourth-order valence-corrected chi connectivity index (χ4v) is 5.20. The van der Waals surface area contributed by atoms with Crippen LogP contribution in [0.4, 0.5) is 20.2 Å². The van der Waals surface area contributed by atoms with Crippen LogP contribution in [-0.4, -0.2) is 42.8 Å². The molecular weight excluding hydrogens is 496 g/mol. The number of nitriles is 2. The van der Waals surface area contributed by atoms with Gasteiger partial charge in [-0.1, -0.05) is 6.08 Å². The van der Waals surface area contributed by atoms with Gasteiger partial charge in [0.1, 0.15) is 29.2 Å². The van der Waals surface area contributed by atoms with E-state index in [0.29, 0.717) is 29.5 Å². The van der Waals surface area contributed by atoms with Gasteiger partial charge in [-0.2, -0.15) is 10.5 Å². The van der Waals surface area contributed by atoms with Gasteiger partial charge in [0.2, 0.25) is 0 Å². The molecule has 0 aromatic heterocycles. The Morgan fingerprint density at radius 3 is 2.54 bits per heavy atom. The van der Waals surface area contributed by atoms with Gasteiger partial charge in [-0.05, 0) is 69.0 Å². The first-order valence-corrected chi connectivity index (χ1v) is 13.2. The molecule has 2 fully saturated rings. The van der Waals surface area contributed by atoms with E-state index in [1.54, 1.807) is 29.3 Å². The summed E-state index contributed by atoms with van der Waals surface area (Å²) in [5, 5.41) is 18.7. The molecule has 1 unspecified atom stereocenters. The predicted octanol–water partition coefficient (Wildman–Crippen LogP) is 5.71. The number of hydrogen-bond acceptors (Lipinski definition) is 6. The molecule has 9 heteroatoms. The highest BCUT2D eigenvalue weighted by Gasteiger charge is 2.34. The molecule has 7 nitrogen and oxygen atoms in total. The van der Waals surface area contributed by atoms with Crippen LogP contribution in [0.15, 0.2) is 70.6 Å². The van der Waals surface area contributed by atoms with Crippen LogP contribution >= 0.6 is 0 Å². The summed E-state index contributed by atoms with van der Waals surface area (Å²) in [6, 6.07) is 13.5. The third-order valence-corrected chi connectivity index (χ3v) is 7.16. The third-order valence-electron chi connectivity index (χ3n) is 7.16. The van der Waals surface area contributed by atoms with Crippen LogP contribution in [0.2, 0.25) is 0 Å². The van der Waals surface area contributed by atoms with E-state index in [9.17, 15) is 14.9 Å². The van der Waals surface area contributed by atoms with Crippen LogP contribution in [0.25, 0.3) is 0 Å². The molecule has 0 bridgehead atoms. The quantitative estimate of drug-likeness (QED) is 0.499. The van der Waals surface area contributed by atoms with Crippen LogP contribution in [-0.2, 0) is 0 Å². The molecule has 3 aliphatic rings. The maximum atomic E-state index is 15.8. The molecule has 39 heavy (non-hydrogen) atoms. The van der Waals surface area contributed by atoms with Crippen molar-refractivity contribution in [2.75, 3.05) is 36.0 Å². The van der Waals surface area contributed by atoms with Crippen LogP contribution < -0.4 is 9.80 Å². The molecule has 2 saturated heterocycles. The minimum Gasteiger partial charge on any atom is -0.374 e. The third kappa shape index (κ3) is 5.39. The number of aliphatic imine (C=N–C) groups is 2. The number of piperidine rings is 1. The SMILES string of the molecule is C\C=C/N=C1\C(=C\N2CCCC(C#N)C2)N=C(c2ccc(C#N)c(F)c2)N1c1ccc(N2CCCC2)cc1F. The highest BCUT2D eigenvalue weighted by atomic mass is 19.1.